The maximum atomic E-state index is 12.5. The molecule has 1 saturated heterocycles. The summed E-state index contributed by atoms with van der Waals surface area (Å²) in [6.45, 7) is 2.11. The van der Waals surface area contributed by atoms with E-state index in [0.29, 0.717) is 12.0 Å². The third-order valence-corrected chi connectivity index (χ3v) is 5.38. The zero-order valence-corrected chi connectivity index (χ0v) is 14.1. The van der Waals surface area contributed by atoms with Crippen molar-refractivity contribution in [1.29, 1.82) is 0 Å². The molecule has 0 bridgehead atoms. The molecule has 0 radical (unpaired) electrons. The predicted octanol–water partition coefficient (Wildman–Crippen LogP) is 3.87. The van der Waals surface area contributed by atoms with Crippen LogP contribution in [0.15, 0.2) is 22.7 Å². The quantitative estimate of drug-likeness (QED) is 0.868. The van der Waals surface area contributed by atoms with Gasteiger partial charge in [0.2, 0.25) is 5.91 Å². The molecule has 2 N–H and O–H groups in total. The number of halogens is 1. The number of benzene rings is 1. The SMILES string of the molecule is CCc1cc(Br)ccc1NC(=O)C1CC2CCCCC2N1. The summed E-state index contributed by atoms with van der Waals surface area (Å²) in [5.41, 5.74) is 2.12. The Morgan fingerprint density at radius 3 is 2.95 bits per heavy atom. The van der Waals surface area contributed by atoms with Gasteiger partial charge in [0.15, 0.2) is 0 Å². The van der Waals surface area contributed by atoms with Crippen LogP contribution in [0.3, 0.4) is 0 Å². The fourth-order valence-corrected chi connectivity index (χ4v) is 4.13. The Kier molecular flexibility index (Phi) is 4.65. The first-order chi connectivity index (χ1) is 10.2. The molecule has 2 aliphatic rings. The number of nitrogens with one attached hydrogen (secondary N) is 2. The van der Waals surface area contributed by atoms with Crippen molar-refractivity contribution in [3.8, 4) is 0 Å². The van der Waals surface area contributed by atoms with Crippen molar-refractivity contribution in [2.24, 2.45) is 5.92 Å². The van der Waals surface area contributed by atoms with E-state index < -0.39 is 0 Å². The van der Waals surface area contributed by atoms with Gasteiger partial charge in [-0.15, -0.1) is 0 Å². The lowest BCUT2D eigenvalue weighted by Crippen LogP contribution is -2.40. The van der Waals surface area contributed by atoms with Crippen LogP contribution in [0.4, 0.5) is 5.69 Å². The number of fused-ring (bicyclic) bond motifs is 1. The minimum absolute atomic E-state index is 0.0218. The first-order valence-electron chi connectivity index (χ1n) is 8.02. The van der Waals surface area contributed by atoms with E-state index in [4.69, 9.17) is 0 Å². The molecule has 0 aromatic heterocycles. The molecule has 1 amide bonds. The second-order valence-electron chi connectivity index (χ2n) is 6.25. The second-order valence-corrected chi connectivity index (χ2v) is 7.17. The van der Waals surface area contributed by atoms with E-state index in [2.05, 4.69) is 39.6 Å². The molecule has 1 aromatic carbocycles. The van der Waals surface area contributed by atoms with Gasteiger partial charge in [0, 0.05) is 16.2 Å². The summed E-state index contributed by atoms with van der Waals surface area (Å²) in [7, 11) is 0. The highest BCUT2D eigenvalue weighted by Crippen LogP contribution is 2.33. The minimum atomic E-state index is -0.0218. The van der Waals surface area contributed by atoms with Gasteiger partial charge in [-0.25, -0.2) is 0 Å². The van der Waals surface area contributed by atoms with Crippen molar-refractivity contribution in [2.45, 2.75) is 57.5 Å². The van der Waals surface area contributed by atoms with Crippen LogP contribution in [0.5, 0.6) is 0 Å². The number of rotatable bonds is 3. The van der Waals surface area contributed by atoms with Gasteiger partial charge in [0.1, 0.15) is 0 Å². The highest BCUT2D eigenvalue weighted by molar-refractivity contribution is 9.10. The highest BCUT2D eigenvalue weighted by Gasteiger charge is 2.38. The molecular weight excluding hydrogens is 328 g/mol. The Balaban J connectivity index is 1.67. The van der Waals surface area contributed by atoms with E-state index >= 15 is 0 Å². The van der Waals surface area contributed by atoms with E-state index in [-0.39, 0.29) is 11.9 Å². The zero-order chi connectivity index (χ0) is 14.8. The van der Waals surface area contributed by atoms with Gasteiger partial charge in [-0.2, -0.15) is 0 Å². The molecule has 1 aliphatic heterocycles. The van der Waals surface area contributed by atoms with Crippen LogP contribution in [-0.2, 0) is 11.2 Å². The lowest BCUT2D eigenvalue weighted by molar-refractivity contribution is -0.117. The van der Waals surface area contributed by atoms with E-state index in [0.717, 1.165) is 23.0 Å². The van der Waals surface area contributed by atoms with Crippen LogP contribution >= 0.6 is 15.9 Å². The Morgan fingerprint density at radius 1 is 1.38 bits per heavy atom. The average Bonchev–Trinajstić information content (AvgIpc) is 2.93. The molecule has 2 fully saturated rings. The van der Waals surface area contributed by atoms with Gasteiger partial charge in [0.05, 0.1) is 6.04 Å². The van der Waals surface area contributed by atoms with E-state index in [1.165, 1.54) is 31.2 Å². The third-order valence-electron chi connectivity index (χ3n) is 4.89. The number of aryl methyl sites for hydroxylation is 1. The van der Waals surface area contributed by atoms with Crippen LogP contribution in [0.25, 0.3) is 0 Å². The molecule has 3 nitrogen and oxygen atoms in total. The Morgan fingerprint density at radius 2 is 2.19 bits per heavy atom. The Bertz CT molecular complexity index is 518. The Labute approximate surface area is 135 Å². The largest absolute Gasteiger partial charge is 0.324 e. The van der Waals surface area contributed by atoms with Crippen molar-refractivity contribution < 1.29 is 4.79 Å². The molecule has 3 unspecified atom stereocenters. The molecule has 1 heterocycles. The number of anilines is 1. The summed E-state index contributed by atoms with van der Waals surface area (Å²) in [6, 6.07) is 6.59. The minimum Gasteiger partial charge on any atom is -0.324 e. The van der Waals surface area contributed by atoms with Crippen molar-refractivity contribution >= 4 is 27.5 Å². The summed E-state index contributed by atoms with van der Waals surface area (Å²) in [5, 5.41) is 6.66. The summed E-state index contributed by atoms with van der Waals surface area (Å²) in [6.07, 6.45) is 7.04. The van der Waals surface area contributed by atoms with Crippen LogP contribution < -0.4 is 10.6 Å². The molecule has 3 atom stereocenters. The van der Waals surface area contributed by atoms with Crippen LogP contribution in [0.2, 0.25) is 0 Å². The lowest BCUT2D eigenvalue weighted by Gasteiger charge is -2.24. The van der Waals surface area contributed by atoms with Crippen molar-refractivity contribution in [3.05, 3.63) is 28.2 Å². The van der Waals surface area contributed by atoms with Crippen molar-refractivity contribution in [3.63, 3.8) is 0 Å². The first kappa shape index (κ1) is 15.0. The van der Waals surface area contributed by atoms with Crippen LogP contribution in [0, 0.1) is 5.92 Å². The van der Waals surface area contributed by atoms with Crippen LogP contribution in [0.1, 0.15) is 44.6 Å². The van der Waals surface area contributed by atoms with E-state index in [1.807, 2.05) is 12.1 Å². The third kappa shape index (κ3) is 3.32. The monoisotopic (exact) mass is 350 g/mol. The van der Waals surface area contributed by atoms with E-state index in [9.17, 15) is 4.79 Å². The summed E-state index contributed by atoms with van der Waals surface area (Å²) in [4.78, 5) is 12.5. The zero-order valence-electron chi connectivity index (χ0n) is 12.5. The van der Waals surface area contributed by atoms with Crippen molar-refractivity contribution in [1.82, 2.24) is 5.32 Å². The predicted molar refractivity (Wildman–Crippen MR) is 89.4 cm³/mol. The molecule has 3 rings (SSSR count). The lowest BCUT2D eigenvalue weighted by atomic mass is 9.85. The van der Waals surface area contributed by atoms with Crippen molar-refractivity contribution in [2.75, 3.05) is 5.32 Å². The standard InChI is InChI=1S/C17H23BrN2O/c1-2-11-9-13(18)7-8-15(11)20-17(21)16-10-12-5-3-4-6-14(12)19-16/h7-9,12,14,16,19H,2-6,10H2,1H3,(H,20,21). The number of carbonyl (C=O) groups excluding carboxylic acids is 1. The number of hydrogen-bond acceptors (Lipinski definition) is 2. The normalized spacial score (nSPS) is 28.2. The average molecular weight is 351 g/mol. The topological polar surface area (TPSA) is 41.1 Å². The van der Waals surface area contributed by atoms with Gasteiger partial charge >= 0.3 is 0 Å². The number of hydrogen-bond donors (Lipinski definition) is 2. The molecule has 114 valence electrons. The summed E-state index contributed by atoms with van der Waals surface area (Å²) >= 11 is 3.49. The van der Waals surface area contributed by atoms with Gasteiger partial charge < -0.3 is 10.6 Å². The fourth-order valence-electron chi connectivity index (χ4n) is 3.72. The van der Waals surface area contributed by atoms with Crippen LogP contribution in [-0.4, -0.2) is 18.0 Å². The van der Waals surface area contributed by atoms with Gasteiger partial charge in [-0.1, -0.05) is 35.7 Å². The Hall–Kier alpha value is -0.870. The number of carbonyl (C=O) groups is 1. The molecule has 1 saturated carbocycles. The molecule has 1 aliphatic carbocycles. The molecule has 4 heteroatoms. The fraction of sp³-hybridized carbons (Fsp3) is 0.588. The van der Waals surface area contributed by atoms with Gasteiger partial charge in [-0.05, 0) is 55.4 Å². The summed E-state index contributed by atoms with van der Waals surface area (Å²) < 4.78 is 1.06. The molecular formula is C17H23BrN2O. The molecule has 21 heavy (non-hydrogen) atoms. The van der Waals surface area contributed by atoms with Gasteiger partial charge in [-0.3, -0.25) is 4.79 Å². The maximum Gasteiger partial charge on any atom is 0.241 e. The van der Waals surface area contributed by atoms with Gasteiger partial charge in [0.25, 0.3) is 0 Å². The second kappa shape index (κ2) is 6.49. The molecule has 0 spiro atoms. The maximum absolute atomic E-state index is 12.5. The highest BCUT2D eigenvalue weighted by atomic mass is 79.9. The first-order valence-corrected chi connectivity index (χ1v) is 8.82. The number of amides is 1. The smallest absolute Gasteiger partial charge is 0.241 e. The van der Waals surface area contributed by atoms with E-state index in [1.54, 1.807) is 0 Å². The summed E-state index contributed by atoms with van der Waals surface area (Å²) in [5.74, 6) is 0.825. The molecule has 1 aromatic rings.